The van der Waals surface area contributed by atoms with Crippen LogP contribution in [0.25, 0.3) is 0 Å². The number of nitrogens with one attached hydrogen (secondary N) is 1. The van der Waals surface area contributed by atoms with E-state index in [0.29, 0.717) is 36.4 Å². The minimum Gasteiger partial charge on any atom is -0.384 e. The highest BCUT2D eigenvalue weighted by Crippen LogP contribution is 2.24. The SMILES string of the molecule is CC1CC(C)CN(S(=O)(=O)Nc2ccc(N)nc2)C1. The topological polar surface area (TPSA) is 88.3 Å². The van der Waals surface area contributed by atoms with Crippen molar-refractivity contribution in [3.05, 3.63) is 18.3 Å². The van der Waals surface area contributed by atoms with Crippen molar-refractivity contribution in [3.63, 3.8) is 0 Å². The van der Waals surface area contributed by atoms with Gasteiger partial charge in [0.2, 0.25) is 0 Å². The lowest BCUT2D eigenvalue weighted by Gasteiger charge is -2.33. The zero-order chi connectivity index (χ0) is 14.0. The van der Waals surface area contributed by atoms with Crippen molar-refractivity contribution in [2.24, 2.45) is 11.8 Å². The summed E-state index contributed by atoms with van der Waals surface area (Å²) >= 11 is 0. The maximum Gasteiger partial charge on any atom is 0.301 e. The molecule has 1 fully saturated rings. The highest BCUT2D eigenvalue weighted by Gasteiger charge is 2.30. The van der Waals surface area contributed by atoms with Gasteiger partial charge in [-0.15, -0.1) is 0 Å². The lowest BCUT2D eigenvalue weighted by Crippen LogP contribution is -2.45. The summed E-state index contributed by atoms with van der Waals surface area (Å²) in [5, 5.41) is 0. The summed E-state index contributed by atoms with van der Waals surface area (Å²) in [4.78, 5) is 3.87. The van der Waals surface area contributed by atoms with Crippen LogP contribution in [0.1, 0.15) is 20.3 Å². The van der Waals surface area contributed by atoms with Crippen LogP contribution in [0.5, 0.6) is 0 Å². The molecule has 1 aliphatic heterocycles. The van der Waals surface area contributed by atoms with Crippen molar-refractivity contribution in [3.8, 4) is 0 Å². The molecule has 7 heteroatoms. The van der Waals surface area contributed by atoms with Gasteiger partial charge in [-0.1, -0.05) is 13.8 Å². The van der Waals surface area contributed by atoms with Crippen molar-refractivity contribution in [1.82, 2.24) is 9.29 Å². The number of nitrogens with zero attached hydrogens (tertiary/aromatic N) is 2. The fourth-order valence-electron chi connectivity index (χ4n) is 2.48. The first-order chi connectivity index (χ1) is 8.87. The minimum absolute atomic E-state index is 0.364. The van der Waals surface area contributed by atoms with Crippen LogP contribution in [-0.4, -0.2) is 30.8 Å². The van der Waals surface area contributed by atoms with Gasteiger partial charge in [-0.3, -0.25) is 4.72 Å². The molecule has 0 radical (unpaired) electrons. The van der Waals surface area contributed by atoms with Crippen molar-refractivity contribution in [2.45, 2.75) is 20.3 Å². The minimum atomic E-state index is -3.51. The van der Waals surface area contributed by atoms with Crippen molar-refractivity contribution < 1.29 is 8.42 Å². The molecule has 0 aliphatic carbocycles. The fraction of sp³-hybridized carbons (Fsp3) is 0.583. The van der Waals surface area contributed by atoms with E-state index in [1.165, 1.54) is 10.5 Å². The van der Waals surface area contributed by atoms with Crippen LogP contribution in [-0.2, 0) is 10.2 Å². The third-order valence-electron chi connectivity index (χ3n) is 3.21. The Bertz CT molecular complexity index is 519. The molecule has 0 bridgehead atoms. The van der Waals surface area contributed by atoms with Crippen LogP contribution >= 0.6 is 0 Å². The van der Waals surface area contributed by atoms with E-state index in [9.17, 15) is 8.42 Å². The number of piperidine rings is 1. The largest absolute Gasteiger partial charge is 0.384 e. The summed E-state index contributed by atoms with van der Waals surface area (Å²) in [6.45, 7) is 5.26. The average molecular weight is 284 g/mol. The number of anilines is 2. The summed E-state index contributed by atoms with van der Waals surface area (Å²) < 4.78 is 28.6. The Kier molecular flexibility index (Phi) is 3.96. The maximum atomic E-state index is 12.3. The first kappa shape index (κ1) is 14.1. The van der Waals surface area contributed by atoms with Gasteiger partial charge in [0.15, 0.2) is 0 Å². The molecule has 1 aliphatic rings. The first-order valence-electron chi connectivity index (χ1n) is 6.36. The number of aromatic nitrogens is 1. The Labute approximate surface area is 114 Å². The normalized spacial score (nSPS) is 25.2. The molecule has 6 nitrogen and oxygen atoms in total. The van der Waals surface area contributed by atoms with Gasteiger partial charge in [-0.25, -0.2) is 4.98 Å². The maximum absolute atomic E-state index is 12.3. The van der Waals surface area contributed by atoms with E-state index < -0.39 is 10.2 Å². The second-order valence-corrected chi connectivity index (χ2v) is 7.01. The molecule has 2 rings (SSSR count). The molecular weight excluding hydrogens is 264 g/mol. The summed E-state index contributed by atoms with van der Waals surface area (Å²) in [5.74, 6) is 1.12. The molecule has 1 saturated heterocycles. The van der Waals surface area contributed by atoms with Crippen molar-refractivity contribution in [1.29, 1.82) is 0 Å². The summed E-state index contributed by atoms with van der Waals surface area (Å²) in [7, 11) is -3.51. The van der Waals surface area contributed by atoms with E-state index in [1.807, 2.05) is 0 Å². The Morgan fingerprint density at radius 1 is 1.32 bits per heavy atom. The highest BCUT2D eigenvalue weighted by atomic mass is 32.2. The van der Waals surface area contributed by atoms with Gasteiger partial charge in [0, 0.05) is 13.1 Å². The summed E-state index contributed by atoms with van der Waals surface area (Å²) in [6.07, 6.45) is 2.49. The number of nitrogens with two attached hydrogens (primary N) is 1. The van der Waals surface area contributed by atoms with Crippen LogP contribution in [0.3, 0.4) is 0 Å². The van der Waals surface area contributed by atoms with Gasteiger partial charge in [-0.2, -0.15) is 12.7 Å². The second-order valence-electron chi connectivity index (χ2n) is 5.34. The van der Waals surface area contributed by atoms with Gasteiger partial charge in [0.1, 0.15) is 5.82 Å². The molecular formula is C12H20N4O2S. The van der Waals surface area contributed by atoms with E-state index in [0.717, 1.165) is 6.42 Å². The average Bonchev–Trinajstić information content (AvgIpc) is 2.31. The van der Waals surface area contributed by atoms with Gasteiger partial charge in [0.25, 0.3) is 0 Å². The number of hydrogen-bond donors (Lipinski definition) is 2. The predicted octanol–water partition coefficient (Wildman–Crippen LogP) is 1.30. The quantitative estimate of drug-likeness (QED) is 0.875. The van der Waals surface area contributed by atoms with E-state index >= 15 is 0 Å². The van der Waals surface area contributed by atoms with Gasteiger partial charge in [-0.05, 0) is 30.4 Å². The molecule has 0 spiro atoms. The summed E-state index contributed by atoms with van der Waals surface area (Å²) in [5.41, 5.74) is 5.90. The lowest BCUT2D eigenvalue weighted by atomic mass is 9.94. The predicted molar refractivity (Wildman–Crippen MR) is 75.7 cm³/mol. The fourth-order valence-corrected chi connectivity index (χ4v) is 3.93. The van der Waals surface area contributed by atoms with Crippen molar-refractivity contribution in [2.75, 3.05) is 23.5 Å². The van der Waals surface area contributed by atoms with Gasteiger partial charge < -0.3 is 5.73 Å². The third-order valence-corrected chi connectivity index (χ3v) is 4.68. The van der Waals surface area contributed by atoms with E-state index in [-0.39, 0.29) is 0 Å². The zero-order valence-electron chi connectivity index (χ0n) is 11.2. The van der Waals surface area contributed by atoms with Crippen LogP contribution < -0.4 is 10.5 Å². The van der Waals surface area contributed by atoms with Crippen LogP contribution in [0.15, 0.2) is 18.3 Å². The molecule has 1 aromatic rings. The molecule has 0 amide bonds. The highest BCUT2D eigenvalue weighted by molar-refractivity contribution is 7.90. The van der Waals surface area contributed by atoms with Crippen molar-refractivity contribution >= 4 is 21.7 Å². The second kappa shape index (κ2) is 5.34. The Morgan fingerprint density at radius 2 is 1.95 bits per heavy atom. The molecule has 1 aromatic heterocycles. The number of rotatable bonds is 3. The molecule has 0 aromatic carbocycles. The summed E-state index contributed by atoms with van der Waals surface area (Å²) in [6, 6.07) is 3.18. The van der Waals surface area contributed by atoms with Crippen LogP contribution in [0.4, 0.5) is 11.5 Å². The molecule has 2 atom stereocenters. The Balaban J connectivity index is 2.11. The first-order valence-corrected chi connectivity index (χ1v) is 7.80. The number of pyridine rings is 1. The Hall–Kier alpha value is -1.34. The molecule has 2 heterocycles. The number of hydrogen-bond acceptors (Lipinski definition) is 4. The van der Waals surface area contributed by atoms with E-state index in [4.69, 9.17) is 5.73 Å². The molecule has 0 saturated carbocycles. The third kappa shape index (κ3) is 3.57. The van der Waals surface area contributed by atoms with Crippen LogP contribution in [0.2, 0.25) is 0 Å². The number of nitrogen functional groups attached to an aromatic ring is 1. The molecule has 106 valence electrons. The van der Waals surface area contributed by atoms with E-state index in [1.54, 1.807) is 12.1 Å². The van der Waals surface area contributed by atoms with Gasteiger partial charge in [0.05, 0.1) is 11.9 Å². The molecule has 3 N–H and O–H groups in total. The molecule has 19 heavy (non-hydrogen) atoms. The zero-order valence-corrected chi connectivity index (χ0v) is 12.0. The van der Waals surface area contributed by atoms with Crippen LogP contribution in [0, 0.1) is 11.8 Å². The molecule has 2 unspecified atom stereocenters. The standard InChI is InChI=1S/C12H20N4O2S/c1-9-5-10(2)8-16(7-9)19(17,18)15-11-3-4-12(13)14-6-11/h3-4,6,9-10,15H,5,7-8H2,1-2H3,(H2,13,14). The smallest absolute Gasteiger partial charge is 0.301 e. The lowest BCUT2D eigenvalue weighted by molar-refractivity contribution is 0.223. The van der Waals surface area contributed by atoms with E-state index in [2.05, 4.69) is 23.6 Å². The Morgan fingerprint density at radius 3 is 2.47 bits per heavy atom. The van der Waals surface area contributed by atoms with Gasteiger partial charge >= 0.3 is 10.2 Å². The monoisotopic (exact) mass is 284 g/mol.